The van der Waals surface area contributed by atoms with Crippen LogP contribution in [0.1, 0.15) is 16.2 Å². The van der Waals surface area contributed by atoms with Gasteiger partial charge in [0.15, 0.2) is 5.69 Å². The summed E-state index contributed by atoms with van der Waals surface area (Å²) in [4.78, 5) is 18.2. The average Bonchev–Trinajstić information content (AvgIpc) is 2.92. The lowest BCUT2D eigenvalue weighted by Crippen LogP contribution is -2.20. The molecule has 0 saturated carbocycles. The summed E-state index contributed by atoms with van der Waals surface area (Å²) in [5.41, 5.74) is 1.36. The normalized spacial score (nSPS) is 10.1. The zero-order valence-corrected chi connectivity index (χ0v) is 9.97. The predicted molar refractivity (Wildman–Crippen MR) is 66.2 cm³/mol. The van der Waals surface area contributed by atoms with Gasteiger partial charge in [0.1, 0.15) is 5.82 Å². The van der Waals surface area contributed by atoms with E-state index in [4.69, 9.17) is 0 Å². The molecule has 0 aliphatic heterocycles. The van der Waals surface area contributed by atoms with E-state index in [1.54, 1.807) is 31.7 Å². The summed E-state index contributed by atoms with van der Waals surface area (Å²) < 4.78 is 0. The molecule has 0 saturated heterocycles. The quantitative estimate of drug-likeness (QED) is 0.701. The Bertz CT molecular complexity index is 493. The van der Waals surface area contributed by atoms with E-state index in [1.165, 1.54) is 0 Å². The van der Waals surface area contributed by atoms with Crippen LogP contribution in [0.2, 0.25) is 0 Å². The number of hydrogen-bond acceptors (Lipinski definition) is 5. The molecular weight excluding hydrogens is 232 g/mol. The van der Waals surface area contributed by atoms with Crippen molar-refractivity contribution >= 4 is 11.7 Å². The first-order chi connectivity index (χ1) is 8.79. The lowest BCUT2D eigenvalue weighted by molar-refractivity contribution is 0.0957. The first kappa shape index (κ1) is 12.0. The number of carbonyl (C=O) groups excluding carboxylic acids is 1. The number of carbonyl (C=O) groups is 1. The number of rotatable bonds is 5. The van der Waals surface area contributed by atoms with E-state index in [0.29, 0.717) is 11.5 Å². The van der Waals surface area contributed by atoms with Crippen LogP contribution in [-0.4, -0.2) is 39.7 Å². The fourth-order valence-corrected chi connectivity index (χ4v) is 1.42. The highest BCUT2D eigenvalue weighted by Crippen LogP contribution is 2.02. The molecule has 2 aromatic heterocycles. The second-order valence-corrected chi connectivity index (χ2v) is 3.64. The Balaban J connectivity index is 1.85. The van der Waals surface area contributed by atoms with Crippen LogP contribution in [0.3, 0.4) is 0 Å². The third-order valence-electron chi connectivity index (χ3n) is 2.38. The van der Waals surface area contributed by atoms with Crippen molar-refractivity contribution in [2.75, 3.05) is 18.9 Å². The van der Waals surface area contributed by atoms with Crippen LogP contribution < -0.4 is 10.6 Å². The SMILES string of the molecule is CNC(=O)c1ccc(NCCc2cnc[nH]2)nn1. The highest BCUT2D eigenvalue weighted by molar-refractivity contribution is 5.91. The van der Waals surface area contributed by atoms with Crippen LogP contribution in [0, 0.1) is 0 Å². The van der Waals surface area contributed by atoms with Crippen molar-refractivity contribution < 1.29 is 4.79 Å². The van der Waals surface area contributed by atoms with Crippen LogP contribution >= 0.6 is 0 Å². The summed E-state index contributed by atoms with van der Waals surface area (Å²) in [6, 6.07) is 3.36. The number of hydrogen-bond donors (Lipinski definition) is 3. The summed E-state index contributed by atoms with van der Waals surface area (Å²) in [5.74, 6) is 0.397. The number of H-pyrrole nitrogens is 1. The van der Waals surface area contributed by atoms with Crippen molar-refractivity contribution in [2.24, 2.45) is 0 Å². The van der Waals surface area contributed by atoms with Crippen molar-refractivity contribution in [1.29, 1.82) is 0 Å². The van der Waals surface area contributed by atoms with Gasteiger partial charge in [0.2, 0.25) is 0 Å². The lowest BCUT2D eigenvalue weighted by atomic mass is 10.3. The molecule has 0 aromatic carbocycles. The van der Waals surface area contributed by atoms with Crippen molar-refractivity contribution in [3.63, 3.8) is 0 Å². The largest absolute Gasteiger partial charge is 0.368 e. The second-order valence-electron chi connectivity index (χ2n) is 3.64. The first-order valence-corrected chi connectivity index (χ1v) is 5.56. The molecule has 94 valence electrons. The van der Waals surface area contributed by atoms with Crippen LogP contribution in [-0.2, 0) is 6.42 Å². The van der Waals surface area contributed by atoms with Crippen LogP contribution in [0.25, 0.3) is 0 Å². The van der Waals surface area contributed by atoms with Gasteiger partial charge in [-0.1, -0.05) is 0 Å². The lowest BCUT2D eigenvalue weighted by Gasteiger charge is -2.04. The topological polar surface area (TPSA) is 95.6 Å². The van der Waals surface area contributed by atoms with E-state index in [2.05, 4.69) is 30.8 Å². The van der Waals surface area contributed by atoms with E-state index in [1.807, 2.05) is 0 Å². The molecule has 18 heavy (non-hydrogen) atoms. The minimum absolute atomic E-state index is 0.244. The van der Waals surface area contributed by atoms with Crippen molar-refractivity contribution in [3.05, 3.63) is 36.0 Å². The van der Waals surface area contributed by atoms with Gasteiger partial charge in [0, 0.05) is 31.9 Å². The van der Waals surface area contributed by atoms with E-state index in [9.17, 15) is 4.79 Å². The molecule has 0 radical (unpaired) electrons. The van der Waals surface area contributed by atoms with E-state index >= 15 is 0 Å². The smallest absolute Gasteiger partial charge is 0.271 e. The molecule has 2 heterocycles. The molecule has 2 aromatic rings. The highest BCUT2D eigenvalue weighted by atomic mass is 16.1. The molecule has 7 nitrogen and oxygen atoms in total. The molecule has 0 spiro atoms. The Morgan fingerprint density at radius 2 is 2.28 bits per heavy atom. The molecular formula is C11H14N6O. The Morgan fingerprint density at radius 3 is 2.89 bits per heavy atom. The molecule has 3 N–H and O–H groups in total. The predicted octanol–water partition coefficient (Wildman–Crippen LogP) is 0.214. The average molecular weight is 246 g/mol. The molecule has 2 rings (SSSR count). The van der Waals surface area contributed by atoms with Crippen LogP contribution in [0.4, 0.5) is 5.82 Å². The molecule has 0 fully saturated rings. The van der Waals surface area contributed by atoms with Gasteiger partial charge in [-0.2, -0.15) is 0 Å². The second kappa shape index (κ2) is 5.76. The van der Waals surface area contributed by atoms with E-state index in [0.717, 1.165) is 18.7 Å². The van der Waals surface area contributed by atoms with Gasteiger partial charge < -0.3 is 15.6 Å². The Hall–Kier alpha value is -2.44. The molecule has 0 aliphatic rings. The monoisotopic (exact) mass is 246 g/mol. The molecule has 0 aliphatic carbocycles. The number of aromatic nitrogens is 4. The van der Waals surface area contributed by atoms with Gasteiger partial charge in [0.05, 0.1) is 6.33 Å². The standard InChI is InChI=1S/C11H14N6O/c1-12-11(18)9-2-3-10(17-16-9)14-5-4-8-6-13-7-15-8/h2-3,6-7H,4-5H2,1H3,(H,12,18)(H,13,15)(H,14,17). The maximum atomic E-state index is 11.2. The third-order valence-corrected chi connectivity index (χ3v) is 2.38. The molecule has 0 atom stereocenters. The summed E-state index contributed by atoms with van der Waals surface area (Å²) >= 11 is 0. The Kier molecular flexibility index (Phi) is 3.85. The zero-order valence-electron chi connectivity index (χ0n) is 9.97. The molecule has 1 amide bonds. The Morgan fingerprint density at radius 1 is 1.39 bits per heavy atom. The molecule has 7 heteroatoms. The number of anilines is 1. The summed E-state index contributed by atoms with van der Waals surface area (Å²) in [7, 11) is 1.56. The minimum Gasteiger partial charge on any atom is -0.368 e. The molecule has 0 bridgehead atoms. The summed E-state index contributed by atoms with van der Waals surface area (Å²) in [5, 5.41) is 13.3. The summed E-state index contributed by atoms with van der Waals surface area (Å²) in [6.45, 7) is 0.718. The number of aromatic amines is 1. The fourth-order valence-electron chi connectivity index (χ4n) is 1.42. The van der Waals surface area contributed by atoms with Gasteiger partial charge >= 0.3 is 0 Å². The highest BCUT2D eigenvalue weighted by Gasteiger charge is 2.05. The van der Waals surface area contributed by atoms with Crippen LogP contribution in [0.5, 0.6) is 0 Å². The first-order valence-electron chi connectivity index (χ1n) is 5.56. The minimum atomic E-state index is -0.244. The number of imidazole rings is 1. The van der Waals surface area contributed by atoms with Gasteiger partial charge in [-0.3, -0.25) is 4.79 Å². The fraction of sp³-hybridized carbons (Fsp3) is 0.273. The number of amides is 1. The van der Waals surface area contributed by atoms with Gasteiger partial charge in [-0.25, -0.2) is 4.98 Å². The van der Waals surface area contributed by atoms with Gasteiger partial charge in [-0.15, -0.1) is 10.2 Å². The maximum absolute atomic E-state index is 11.2. The maximum Gasteiger partial charge on any atom is 0.271 e. The van der Waals surface area contributed by atoms with Crippen molar-refractivity contribution in [3.8, 4) is 0 Å². The van der Waals surface area contributed by atoms with Crippen molar-refractivity contribution in [2.45, 2.75) is 6.42 Å². The van der Waals surface area contributed by atoms with E-state index in [-0.39, 0.29) is 5.91 Å². The third kappa shape index (κ3) is 3.03. The van der Waals surface area contributed by atoms with Gasteiger partial charge in [-0.05, 0) is 12.1 Å². The zero-order chi connectivity index (χ0) is 12.8. The van der Waals surface area contributed by atoms with Crippen LogP contribution in [0.15, 0.2) is 24.7 Å². The number of nitrogens with zero attached hydrogens (tertiary/aromatic N) is 3. The Labute approximate surface area is 104 Å². The molecule has 0 unspecified atom stereocenters. The summed E-state index contributed by atoms with van der Waals surface area (Å²) in [6.07, 6.45) is 4.24. The van der Waals surface area contributed by atoms with Gasteiger partial charge in [0.25, 0.3) is 5.91 Å². The van der Waals surface area contributed by atoms with Crippen molar-refractivity contribution in [1.82, 2.24) is 25.5 Å². The number of nitrogens with one attached hydrogen (secondary N) is 3. The van der Waals surface area contributed by atoms with E-state index < -0.39 is 0 Å².